The molecule has 2 N–H and O–H groups in total. The average Bonchev–Trinajstić information content (AvgIpc) is 2.90. The van der Waals surface area contributed by atoms with Crippen molar-refractivity contribution in [1.82, 2.24) is 10.2 Å². The molecule has 1 aliphatic heterocycles. The third-order valence-electron chi connectivity index (χ3n) is 3.65. The maximum atomic E-state index is 12.2. The first-order valence-corrected chi connectivity index (χ1v) is 7.74. The molecular weight excluding hydrogens is 322 g/mol. The molecule has 1 saturated heterocycles. The number of nitrogens with zero attached hydrogens (tertiary/aromatic N) is 1. The Morgan fingerprint density at radius 3 is 2.56 bits per heavy atom. The Kier molecular flexibility index (Phi) is 4.65. The fourth-order valence-corrected chi connectivity index (χ4v) is 2.34. The first-order chi connectivity index (χ1) is 12.0. The summed E-state index contributed by atoms with van der Waals surface area (Å²) in [7, 11) is 0. The molecule has 3 rings (SSSR count). The van der Waals surface area contributed by atoms with Crippen molar-refractivity contribution in [3.63, 3.8) is 0 Å². The number of carbonyl (C=O) groups is 3. The van der Waals surface area contributed by atoms with E-state index >= 15 is 0 Å². The van der Waals surface area contributed by atoms with Crippen LogP contribution in [-0.2, 0) is 9.59 Å². The van der Waals surface area contributed by atoms with Crippen LogP contribution in [0.2, 0.25) is 0 Å². The number of amides is 4. The molecule has 0 bridgehead atoms. The van der Waals surface area contributed by atoms with E-state index in [1.54, 1.807) is 24.3 Å². The fourth-order valence-electron chi connectivity index (χ4n) is 2.34. The molecule has 1 heterocycles. The van der Waals surface area contributed by atoms with E-state index in [0.717, 1.165) is 10.5 Å². The van der Waals surface area contributed by atoms with Gasteiger partial charge in [-0.05, 0) is 31.2 Å². The van der Waals surface area contributed by atoms with E-state index in [9.17, 15) is 14.4 Å². The van der Waals surface area contributed by atoms with Crippen LogP contribution in [0.5, 0.6) is 11.5 Å². The van der Waals surface area contributed by atoms with E-state index < -0.39 is 17.8 Å². The SMILES string of the molecule is Cc1ccc(Oc2ccccc2NC(=O)CN2C(=O)CNC2=O)cc1. The standard InChI is InChI=1S/C18H17N3O4/c1-12-6-8-13(9-7-12)25-15-5-3-2-4-14(15)20-16(22)11-21-17(23)10-19-18(21)24/h2-9H,10-11H2,1H3,(H,19,24)(H,20,22). The lowest BCUT2D eigenvalue weighted by Gasteiger charge is -2.15. The van der Waals surface area contributed by atoms with Crippen LogP contribution in [0.3, 0.4) is 0 Å². The molecule has 25 heavy (non-hydrogen) atoms. The van der Waals surface area contributed by atoms with Crippen LogP contribution in [0.4, 0.5) is 10.5 Å². The number of carbonyl (C=O) groups excluding carboxylic acids is 3. The number of benzene rings is 2. The second kappa shape index (κ2) is 7.04. The second-order valence-corrected chi connectivity index (χ2v) is 5.60. The van der Waals surface area contributed by atoms with Crippen molar-refractivity contribution >= 4 is 23.5 Å². The zero-order valence-corrected chi connectivity index (χ0v) is 13.6. The van der Waals surface area contributed by atoms with Crippen LogP contribution in [0.25, 0.3) is 0 Å². The molecule has 7 nitrogen and oxygen atoms in total. The molecule has 0 spiro atoms. The Balaban J connectivity index is 1.70. The summed E-state index contributed by atoms with van der Waals surface area (Å²) in [6.07, 6.45) is 0. The van der Waals surface area contributed by atoms with E-state index in [2.05, 4.69) is 10.6 Å². The lowest BCUT2D eigenvalue weighted by Crippen LogP contribution is -2.38. The first kappa shape index (κ1) is 16.5. The molecule has 0 radical (unpaired) electrons. The molecule has 1 aliphatic rings. The molecule has 128 valence electrons. The van der Waals surface area contributed by atoms with Crippen LogP contribution < -0.4 is 15.4 Å². The Morgan fingerprint density at radius 1 is 1.16 bits per heavy atom. The summed E-state index contributed by atoms with van der Waals surface area (Å²) in [6.45, 7) is 1.55. The molecule has 1 fully saturated rings. The Hall–Kier alpha value is -3.35. The van der Waals surface area contributed by atoms with Gasteiger partial charge in [0.15, 0.2) is 5.75 Å². The van der Waals surface area contributed by atoms with E-state index in [0.29, 0.717) is 17.2 Å². The number of ether oxygens (including phenoxy) is 1. The van der Waals surface area contributed by atoms with Crippen LogP contribution >= 0.6 is 0 Å². The maximum Gasteiger partial charge on any atom is 0.325 e. The van der Waals surface area contributed by atoms with E-state index in [4.69, 9.17) is 4.74 Å². The van der Waals surface area contributed by atoms with Gasteiger partial charge in [-0.1, -0.05) is 29.8 Å². The molecule has 0 unspecified atom stereocenters. The van der Waals surface area contributed by atoms with Gasteiger partial charge in [-0.15, -0.1) is 0 Å². The summed E-state index contributed by atoms with van der Waals surface area (Å²) in [5.74, 6) is 0.202. The van der Waals surface area contributed by atoms with Gasteiger partial charge in [0.1, 0.15) is 12.3 Å². The molecule has 2 aromatic carbocycles. The Labute approximate surface area is 144 Å². The topological polar surface area (TPSA) is 87.7 Å². The van der Waals surface area contributed by atoms with Crippen molar-refractivity contribution in [3.8, 4) is 11.5 Å². The molecular formula is C18H17N3O4. The van der Waals surface area contributed by atoms with Crippen LogP contribution in [0, 0.1) is 6.92 Å². The normalized spacial score (nSPS) is 13.6. The minimum Gasteiger partial charge on any atom is -0.455 e. The highest BCUT2D eigenvalue weighted by molar-refractivity contribution is 6.06. The Bertz CT molecular complexity index is 801. The summed E-state index contributed by atoms with van der Waals surface area (Å²) in [5.41, 5.74) is 1.57. The number of hydrogen-bond donors (Lipinski definition) is 2. The number of rotatable bonds is 5. The number of imide groups is 1. The summed E-state index contributed by atoms with van der Waals surface area (Å²) >= 11 is 0. The molecule has 2 aromatic rings. The van der Waals surface area contributed by atoms with Crippen molar-refractivity contribution in [3.05, 3.63) is 54.1 Å². The van der Waals surface area contributed by atoms with Crippen LogP contribution in [-0.4, -0.2) is 35.8 Å². The van der Waals surface area contributed by atoms with Crippen molar-refractivity contribution < 1.29 is 19.1 Å². The highest BCUT2D eigenvalue weighted by Crippen LogP contribution is 2.29. The van der Waals surface area contributed by atoms with Gasteiger partial charge in [0, 0.05) is 0 Å². The van der Waals surface area contributed by atoms with Crippen molar-refractivity contribution in [1.29, 1.82) is 0 Å². The summed E-state index contributed by atoms with van der Waals surface area (Å²) in [6, 6.07) is 13.9. The number of hydrogen-bond acceptors (Lipinski definition) is 4. The van der Waals surface area contributed by atoms with Crippen LogP contribution in [0.15, 0.2) is 48.5 Å². The largest absolute Gasteiger partial charge is 0.455 e. The number of aryl methyl sites for hydroxylation is 1. The van der Waals surface area contributed by atoms with Crippen molar-refractivity contribution in [2.24, 2.45) is 0 Å². The summed E-state index contributed by atoms with van der Waals surface area (Å²) in [4.78, 5) is 36.1. The third-order valence-corrected chi connectivity index (χ3v) is 3.65. The van der Waals surface area contributed by atoms with Gasteiger partial charge in [0.2, 0.25) is 5.91 Å². The monoisotopic (exact) mass is 339 g/mol. The van der Waals surface area contributed by atoms with Gasteiger partial charge in [-0.25, -0.2) is 4.79 Å². The predicted octanol–water partition coefficient (Wildman–Crippen LogP) is 2.28. The predicted molar refractivity (Wildman–Crippen MR) is 91.4 cm³/mol. The molecule has 0 atom stereocenters. The highest BCUT2D eigenvalue weighted by Gasteiger charge is 2.30. The maximum absolute atomic E-state index is 12.2. The smallest absolute Gasteiger partial charge is 0.325 e. The van der Waals surface area contributed by atoms with E-state index in [-0.39, 0.29) is 13.1 Å². The summed E-state index contributed by atoms with van der Waals surface area (Å²) < 4.78 is 5.80. The molecule has 0 saturated carbocycles. The Morgan fingerprint density at radius 2 is 1.88 bits per heavy atom. The van der Waals surface area contributed by atoms with E-state index in [1.165, 1.54) is 0 Å². The minimum absolute atomic E-state index is 0.0841. The minimum atomic E-state index is -0.565. The van der Waals surface area contributed by atoms with Crippen molar-refractivity contribution in [2.45, 2.75) is 6.92 Å². The second-order valence-electron chi connectivity index (χ2n) is 5.60. The van der Waals surface area contributed by atoms with Gasteiger partial charge < -0.3 is 15.4 Å². The summed E-state index contributed by atoms with van der Waals surface area (Å²) in [5, 5.41) is 5.04. The molecule has 0 aromatic heterocycles. The van der Waals surface area contributed by atoms with Crippen molar-refractivity contribution in [2.75, 3.05) is 18.4 Å². The van der Waals surface area contributed by atoms with Gasteiger partial charge in [-0.3, -0.25) is 14.5 Å². The molecule has 4 amide bonds. The first-order valence-electron chi connectivity index (χ1n) is 7.74. The number of para-hydroxylation sites is 2. The third kappa shape index (κ3) is 3.95. The lowest BCUT2D eigenvalue weighted by molar-refractivity contribution is -0.128. The average molecular weight is 339 g/mol. The number of anilines is 1. The lowest BCUT2D eigenvalue weighted by atomic mass is 10.2. The molecule has 7 heteroatoms. The zero-order chi connectivity index (χ0) is 17.8. The molecule has 0 aliphatic carbocycles. The quantitative estimate of drug-likeness (QED) is 0.818. The van der Waals surface area contributed by atoms with Gasteiger partial charge in [0.25, 0.3) is 5.91 Å². The number of urea groups is 1. The van der Waals surface area contributed by atoms with E-state index in [1.807, 2.05) is 31.2 Å². The fraction of sp³-hybridized carbons (Fsp3) is 0.167. The van der Waals surface area contributed by atoms with Gasteiger partial charge in [0.05, 0.1) is 12.2 Å². The zero-order valence-electron chi connectivity index (χ0n) is 13.6. The van der Waals surface area contributed by atoms with Gasteiger partial charge in [-0.2, -0.15) is 0 Å². The van der Waals surface area contributed by atoms with Gasteiger partial charge >= 0.3 is 6.03 Å². The number of nitrogens with one attached hydrogen (secondary N) is 2. The van der Waals surface area contributed by atoms with Crippen LogP contribution in [0.1, 0.15) is 5.56 Å². The highest BCUT2D eigenvalue weighted by atomic mass is 16.5.